The van der Waals surface area contributed by atoms with Crippen molar-refractivity contribution in [2.24, 2.45) is 0 Å². The predicted molar refractivity (Wildman–Crippen MR) is 176 cm³/mol. The van der Waals surface area contributed by atoms with E-state index < -0.39 is 5.09 Å². The molecule has 0 bridgehead atoms. The maximum absolute atomic E-state index is 11.5. The van der Waals surface area contributed by atoms with E-state index in [2.05, 4.69) is 64.2 Å². The molecule has 2 saturated heterocycles. The Balaban J connectivity index is 0.000000452. The molecule has 0 aromatic heterocycles. The third kappa shape index (κ3) is 21.6. The Hall–Kier alpha value is -2.10. The summed E-state index contributed by atoms with van der Waals surface area (Å²) in [6.07, 6.45) is 25.8. The molecular weight excluding hydrogens is 550 g/mol. The van der Waals surface area contributed by atoms with E-state index in [0.717, 1.165) is 63.8 Å². The SMILES string of the molecule is C/C=C\CCCC(=O)OCCCN1CCN(CCCO[N+](=O)[O-])CC1.C=C/C=C(\C=C/C)CCCCCC1CCCS1. The lowest BCUT2D eigenvalue weighted by Gasteiger charge is -2.34. The van der Waals surface area contributed by atoms with E-state index >= 15 is 0 Å². The average molecular weight is 608 g/mol. The highest BCUT2D eigenvalue weighted by atomic mass is 32.2. The maximum Gasteiger partial charge on any atom is 0.305 e. The van der Waals surface area contributed by atoms with Crippen LogP contribution in [0.1, 0.15) is 90.9 Å². The molecule has 240 valence electrons. The van der Waals surface area contributed by atoms with E-state index in [0.29, 0.717) is 19.4 Å². The van der Waals surface area contributed by atoms with E-state index in [4.69, 9.17) is 4.74 Å². The summed E-state index contributed by atoms with van der Waals surface area (Å²) in [5.41, 5.74) is 1.41. The molecule has 2 heterocycles. The van der Waals surface area contributed by atoms with Gasteiger partial charge in [-0.25, -0.2) is 0 Å². The molecule has 9 heteroatoms. The summed E-state index contributed by atoms with van der Waals surface area (Å²) in [7, 11) is 0. The summed E-state index contributed by atoms with van der Waals surface area (Å²) in [6, 6.07) is 0. The molecule has 42 heavy (non-hydrogen) atoms. The lowest BCUT2D eigenvalue weighted by Crippen LogP contribution is -2.47. The van der Waals surface area contributed by atoms with Crippen LogP contribution in [0.15, 0.2) is 48.6 Å². The normalized spacial score (nSPS) is 18.2. The van der Waals surface area contributed by atoms with Gasteiger partial charge in [0, 0.05) is 50.9 Å². The lowest BCUT2D eigenvalue weighted by atomic mass is 10.0. The number of piperazine rings is 1. The topological polar surface area (TPSA) is 85.2 Å². The predicted octanol–water partition coefficient (Wildman–Crippen LogP) is 7.40. The molecular formula is C33H57N3O5S. The molecule has 0 spiro atoms. The number of hydrogen-bond acceptors (Lipinski definition) is 8. The summed E-state index contributed by atoms with van der Waals surface area (Å²) >= 11 is 2.19. The zero-order valence-electron chi connectivity index (χ0n) is 26.4. The molecule has 0 N–H and O–H groups in total. The molecule has 2 aliphatic rings. The number of esters is 1. The Morgan fingerprint density at radius 2 is 1.69 bits per heavy atom. The van der Waals surface area contributed by atoms with Gasteiger partial charge in [0.1, 0.15) is 0 Å². The summed E-state index contributed by atoms with van der Waals surface area (Å²) in [5.74, 6) is 1.30. The van der Waals surface area contributed by atoms with E-state index in [1.54, 1.807) is 0 Å². The number of ether oxygens (including phenoxy) is 1. The quantitative estimate of drug-likeness (QED) is 0.0333. The molecule has 0 amide bonds. The summed E-state index contributed by atoms with van der Waals surface area (Å²) < 4.78 is 5.25. The standard InChI is InChI=1S/C17H31N3O5.C16H26S/c1-2-3-4-5-8-17(21)24-15-6-9-18-11-13-19(14-12-18)10-7-16-25-20(22)23;1-3-9-15(10-4-2)11-6-5-7-12-16-13-8-14-17-16/h2-3H,4-16H2,1H3;3-4,9-10,16H,1,5-8,11-14H2,2H3/b3-2-;10-4-,15-9+. The first kappa shape index (κ1) is 37.9. The van der Waals surface area contributed by atoms with E-state index in [9.17, 15) is 14.9 Å². The van der Waals surface area contributed by atoms with Crippen LogP contribution in [0, 0.1) is 10.1 Å². The fourth-order valence-corrected chi connectivity index (χ4v) is 6.41. The molecule has 0 aliphatic carbocycles. The van der Waals surface area contributed by atoms with Crippen LogP contribution in [-0.4, -0.2) is 84.3 Å². The Labute approximate surface area is 259 Å². The number of unbranched alkanes of at least 4 members (excludes halogenated alkanes) is 3. The number of nitrogens with zero attached hydrogens (tertiary/aromatic N) is 3. The van der Waals surface area contributed by atoms with E-state index in [-0.39, 0.29) is 12.6 Å². The van der Waals surface area contributed by atoms with Crippen LogP contribution in [0.2, 0.25) is 0 Å². The smallest absolute Gasteiger partial charge is 0.305 e. The molecule has 2 aliphatic heterocycles. The monoisotopic (exact) mass is 607 g/mol. The molecule has 1 atom stereocenters. The van der Waals surface area contributed by atoms with Crippen LogP contribution < -0.4 is 0 Å². The molecule has 0 aromatic rings. The molecule has 2 rings (SSSR count). The number of rotatable bonds is 21. The van der Waals surface area contributed by atoms with Crippen molar-refractivity contribution in [3.63, 3.8) is 0 Å². The number of allylic oxidation sites excluding steroid dienone is 7. The minimum Gasteiger partial charge on any atom is -0.466 e. The number of thioether (sulfide) groups is 1. The van der Waals surface area contributed by atoms with Crippen molar-refractivity contribution in [3.8, 4) is 0 Å². The van der Waals surface area contributed by atoms with Crippen molar-refractivity contribution in [1.29, 1.82) is 0 Å². The van der Waals surface area contributed by atoms with Crippen LogP contribution in [0.4, 0.5) is 0 Å². The second kappa shape index (κ2) is 26.5. The van der Waals surface area contributed by atoms with Gasteiger partial charge in [0.25, 0.3) is 5.09 Å². The van der Waals surface area contributed by atoms with Gasteiger partial charge in [-0.15, -0.1) is 10.1 Å². The first-order valence-electron chi connectivity index (χ1n) is 16.0. The zero-order valence-corrected chi connectivity index (χ0v) is 27.2. The Morgan fingerprint density at radius 1 is 0.976 bits per heavy atom. The third-order valence-electron chi connectivity index (χ3n) is 7.38. The minimum absolute atomic E-state index is 0.105. The average Bonchev–Trinajstić information content (AvgIpc) is 3.50. The van der Waals surface area contributed by atoms with Crippen molar-refractivity contribution in [2.45, 2.75) is 96.1 Å². The molecule has 0 radical (unpaired) electrons. The van der Waals surface area contributed by atoms with Crippen LogP contribution in [0.5, 0.6) is 0 Å². The second-order valence-electron chi connectivity index (χ2n) is 10.8. The van der Waals surface area contributed by atoms with Gasteiger partial charge in [0.15, 0.2) is 0 Å². The highest BCUT2D eigenvalue weighted by Gasteiger charge is 2.16. The van der Waals surface area contributed by atoms with Gasteiger partial charge in [-0.3, -0.25) is 4.79 Å². The van der Waals surface area contributed by atoms with Crippen LogP contribution in [0.25, 0.3) is 0 Å². The van der Waals surface area contributed by atoms with Gasteiger partial charge in [0.2, 0.25) is 0 Å². The fourth-order valence-electron chi connectivity index (χ4n) is 5.08. The van der Waals surface area contributed by atoms with E-state index in [1.165, 1.54) is 56.3 Å². The second-order valence-corrected chi connectivity index (χ2v) is 12.2. The molecule has 2 fully saturated rings. The number of carbonyl (C=O) groups is 1. The Kier molecular flexibility index (Phi) is 23.9. The van der Waals surface area contributed by atoms with Crippen molar-refractivity contribution in [2.75, 3.05) is 58.2 Å². The molecule has 8 nitrogen and oxygen atoms in total. The van der Waals surface area contributed by atoms with Gasteiger partial charge in [-0.2, -0.15) is 11.8 Å². The Morgan fingerprint density at radius 3 is 2.29 bits per heavy atom. The van der Waals surface area contributed by atoms with Crippen LogP contribution in [-0.2, 0) is 14.4 Å². The van der Waals surface area contributed by atoms with Crippen molar-refractivity contribution >= 4 is 17.7 Å². The first-order chi connectivity index (χ1) is 20.5. The fraction of sp³-hybridized carbons (Fsp3) is 0.727. The lowest BCUT2D eigenvalue weighted by molar-refractivity contribution is -0.757. The highest BCUT2D eigenvalue weighted by molar-refractivity contribution is 8.00. The highest BCUT2D eigenvalue weighted by Crippen LogP contribution is 2.30. The van der Waals surface area contributed by atoms with Gasteiger partial charge in [-0.05, 0) is 83.0 Å². The summed E-state index contributed by atoms with van der Waals surface area (Å²) in [5, 5.41) is 10.3. The minimum atomic E-state index is -0.743. The van der Waals surface area contributed by atoms with Gasteiger partial charge in [0.05, 0.1) is 13.2 Å². The molecule has 0 saturated carbocycles. The summed E-state index contributed by atoms with van der Waals surface area (Å²) in [4.78, 5) is 30.6. The maximum atomic E-state index is 11.5. The molecule has 1 unspecified atom stereocenters. The van der Waals surface area contributed by atoms with Crippen molar-refractivity contribution in [3.05, 3.63) is 58.7 Å². The number of carbonyl (C=O) groups excluding carboxylic acids is 1. The zero-order chi connectivity index (χ0) is 30.7. The van der Waals surface area contributed by atoms with Crippen LogP contribution in [0.3, 0.4) is 0 Å². The van der Waals surface area contributed by atoms with Gasteiger partial charge in [-0.1, -0.05) is 55.9 Å². The van der Waals surface area contributed by atoms with Gasteiger partial charge >= 0.3 is 5.97 Å². The van der Waals surface area contributed by atoms with Crippen molar-refractivity contribution in [1.82, 2.24) is 9.80 Å². The largest absolute Gasteiger partial charge is 0.466 e. The van der Waals surface area contributed by atoms with Crippen LogP contribution >= 0.6 is 11.8 Å². The number of hydrogen-bond donors (Lipinski definition) is 0. The third-order valence-corrected chi connectivity index (χ3v) is 8.84. The Bertz CT molecular complexity index is 804. The molecule has 0 aromatic carbocycles. The first-order valence-corrected chi connectivity index (χ1v) is 17.1. The van der Waals surface area contributed by atoms with Crippen molar-refractivity contribution < 1.29 is 19.5 Å². The van der Waals surface area contributed by atoms with E-state index in [1.807, 2.05) is 19.1 Å². The van der Waals surface area contributed by atoms with Gasteiger partial charge < -0.3 is 19.4 Å². The summed E-state index contributed by atoms with van der Waals surface area (Å²) in [6.45, 7) is 14.1.